The largest absolute Gasteiger partial charge is 0.493 e. The molecule has 0 bridgehead atoms. The molecule has 0 spiro atoms. The average Bonchev–Trinajstić information content (AvgIpc) is 3.32. The Bertz CT molecular complexity index is 719. The van der Waals surface area contributed by atoms with Gasteiger partial charge in [-0.3, -0.25) is 19.7 Å². The SMILES string of the molecule is COc1cc(C(=O)NCC2(C(=O)O)CC2)c([N+](=O)[O-])cc1OC(F)F. The van der Waals surface area contributed by atoms with Crippen LogP contribution in [0.5, 0.6) is 11.5 Å². The van der Waals surface area contributed by atoms with Crippen molar-refractivity contribution in [1.29, 1.82) is 0 Å². The molecule has 2 rings (SSSR count). The minimum atomic E-state index is -3.24. The maximum atomic E-state index is 12.4. The molecule has 0 atom stereocenters. The summed E-state index contributed by atoms with van der Waals surface area (Å²) in [6.07, 6.45) is 0.768. The zero-order chi connectivity index (χ0) is 18.8. The number of nitro benzene ring substituents is 1. The molecule has 2 N–H and O–H groups in total. The third-order valence-corrected chi connectivity index (χ3v) is 3.83. The normalized spacial score (nSPS) is 14.7. The number of nitro groups is 1. The molecule has 1 aromatic rings. The van der Waals surface area contributed by atoms with Gasteiger partial charge in [0.1, 0.15) is 5.56 Å². The average molecular weight is 360 g/mol. The topological polar surface area (TPSA) is 128 Å². The fourth-order valence-corrected chi connectivity index (χ4v) is 2.19. The van der Waals surface area contributed by atoms with Crippen molar-refractivity contribution in [1.82, 2.24) is 5.32 Å². The first kappa shape index (κ1) is 18.4. The van der Waals surface area contributed by atoms with Gasteiger partial charge in [0.2, 0.25) is 0 Å². The Labute approximate surface area is 139 Å². The second-order valence-corrected chi connectivity index (χ2v) is 5.42. The number of carboxylic acids is 1. The smallest absolute Gasteiger partial charge is 0.387 e. The molecular formula is C14H14F2N2O7. The molecule has 11 heteroatoms. The lowest BCUT2D eigenvalue weighted by Crippen LogP contribution is -2.34. The summed E-state index contributed by atoms with van der Waals surface area (Å²) in [6.45, 7) is -3.44. The van der Waals surface area contributed by atoms with Gasteiger partial charge >= 0.3 is 12.6 Å². The standard InChI is InChI=1S/C14H14F2N2O7/c1-24-9-4-7(8(18(22)23)5-10(9)25-13(15)16)11(19)17-6-14(2-3-14)12(20)21/h4-5,13H,2-3,6H2,1H3,(H,17,19)(H,20,21). The Hall–Kier alpha value is -2.98. The molecule has 1 aliphatic rings. The number of rotatable bonds is 8. The molecule has 0 radical (unpaired) electrons. The molecule has 136 valence electrons. The van der Waals surface area contributed by atoms with Crippen LogP contribution in [-0.2, 0) is 4.79 Å². The Morgan fingerprint density at radius 1 is 1.40 bits per heavy atom. The molecule has 0 aromatic heterocycles. The number of hydrogen-bond acceptors (Lipinski definition) is 6. The van der Waals surface area contributed by atoms with Gasteiger partial charge in [0.15, 0.2) is 11.5 Å². The molecule has 9 nitrogen and oxygen atoms in total. The number of halogens is 2. The van der Waals surface area contributed by atoms with E-state index in [2.05, 4.69) is 10.1 Å². The van der Waals surface area contributed by atoms with Gasteiger partial charge in [-0.25, -0.2) is 0 Å². The van der Waals surface area contributed by atoms with Crippen molar-refractivity contribution in [3.8, 4) is 11.5 Å². The number of benzene rings is 1. The van der Waals surface area contributed by atoms with E-state index in [4.69, 9.17) is 9.84 Å². The number of methoxy groups -OCH3 is 1. The number of carboxylic acid groups (broad SMARTS) is 1. The minimum absolute atomic E-state index is 0.198. The summed E-state index contributed by atoms with van der Waals surface area (Å²) in [5.74, 6) is -2.87. The fourth-order valence-electron chi connectivity index (χ4n) is 2.19. The molecule has 0 unspecified atom stereocenters. The first-order chi connectivity index (χ1) is 11.7. The second kappa shape index (κ2) is 6.87. The fraction of sp³-hybridized carbons (Fsp3) is 0.429. The molecule has 1 fully saturated rings. The molecular weight excluding hydrogens is 346 g/mol. The zero-order valence-corrected chi connectivity index (χ0v) is 13.0. The van der Waals surface area contributed by atoms with E-state index in [1.54, 1.807) is 0 Å². The number of amides is 1. The van der Waals surface area contributed by atoms with Crippen LogP contribution in [0.4, 0.5) is 14.5 Å². The number of carbonyl (C=O) groups excluding carboxylic acids is 1. The molecule has 1 aliphatic carbocycles. The minimum Gasteiger partial charge on any atom is -0.493 e. The van der Waals surface area contributed by atoms with Crippen LogP contribution in [0.3, 0.4) is 0 Å². The first-order valence-electron chi connectivity index (χ1n) is 7.03. The zero-order valence-electron chi connectivity index (χ0n) is 13.0. The Morgan fingerprint density at radius 2 is 2.04 bits per heavy atom. The van der Waals surface area contributed by atoms with Gasteiger partial charge in [-0.2, -0.15) is 8.78 Å². The highest BCUT2D eigenvalue weighted by molar-refractivity contribution is 5.99. The molecule has 1 aromatic carbocycles. The van der Waals surface area contributed by atoms with Crippen LogP contribution in [0.1, 0.15) is 23.2 Å². The highest BCUT2D eigenvalue weighted by atomic mass is 19.3. The van der Waals surface area contributed by atoms with Crippen LogP contribution in [0.2, 0.25) is 0 Å². The third-order valence-electron chi connectivity index (χ3n) is 3.83. The van der Waals surface area contributed by atoms with E-state index >= 15 is 0 Å². The number of hydrogen-bond donors (Lipinski definition) is 2. The first-order valence-corrected chi connectivity index (χ1v) is 7.03. The van der Waals surface area contributed by atoms with E-state index in [1.165, 1.54) is 0 Å². The summed E-state index contributed by atoms with van der Waals surface area (Å²) in [4.78, 5) is 33.5. The maximum absolute atomic E-state index is 12.4. The number of ether oxygens (including phenoxy) is 2. The number of carbonyl (C=O) groups is 2. The van der Waals surface area contributed by atoms with Gasteiger partial charge in [0.25, 0.3) is 11.6 Å². The summed E-state index contributed by atoms with van der Waals surface area (Å²) in [6, 6.07) is 1.55. The molecule has 25 heavy (non-hydrogen) atoms. The van der Waals surface area contributed by atoms with Crippen LogP contribution in [0.25, 0.3) is 0 Å². The van der Waals surface area contributed by atoms with Crippen molar-refractivity contribution in [2.24, 2.45) is 5.41 Å². The van der Waals surface area contributed by atoms with E-state index in [0.717, 1.165) is 13.2 Å². The Kier molecular flexibility index (Phi) is 5.04. The number of alkyl halides is 2. The Morgan fingerprint density at radius 3 is 2.48 bits per heavy atom. The number of aliphatic carboxylic acids is 1. The van der Waals surface area contributed by atoms with Crippen LogP contribution in [-0.4, -0.2) is 42.2 Å². The molecule has 0 saturated heterocycles. The molecule has 0 aliphatic heterocycles. The van der Waals surface area contributed by atoms with Crippen LogP contribution in [0.15, 0.2) is 12.1 Å². The summed E-state index contributed by atoms with van der Waals surface area (Å²) >= 11 is 0. The summed E-state index contributed by atoms with van der Waals surface area (Å²) in [5, 5.41) is 22.5. The van der Waals surface area contributed by atoms with Crippen molar-refractivity contribution in [2.45, 2.75) is 19.5 Å². The van der Waals surface area contributed by atoms with Crippen LogP contribution < -0.4 is 14.8 Å². The van der Waals surface area contributed by atoms with Crippen molar-refractivity contribution >= 4 is 17.6 Å². The van der Waals surface area contributed by atoms with Gasteiger partial charge in [-0.15, -0.1) is 0 Å². The van der Waals surface area contributed by atoms with E-state index in [0.29, 0.717) is 18.9 Å². The Balaban J connectivity index is 2.30. The van der Waals surface area contributed by atoms with Crippen molar-refractivity contribution in [3.05, 3.63) is 27.8 Å². The van der Waals surface area contributed by atoms with Crippen molar-refractivity contribution < 1.29 is 37.9 Å². The monoisotopic (exact) mass is 360 g/mol. The third kappa shape index (κ3) is 3.92. The highest BCUT2D eigenvalue weighted by Crippen LogP contribution is 2.45. The van der Waals surface area contributed by atoms with Crippen molar-refractivity contribution in [2.75, 3.05) is 13.7 Å². The lowest BCUT2D eigenvalue weighted by Gasteiger charge is -2.14. The number of nitrogens with one attached hydrogen (secondary N) is 1. The van der Waals surface area contributed by atoms with E-state index in [1.807, 2.05) is 0 Å². The predicted octanol–water partition coefficient (Wildman–Crippen LogP) is 1.80. The van der Waals surface area contributed by atoms with Gasteiger partial charge in [-0.1, -0.05) is 0 Å². The van der Waals surface area contributed by atoms with E-state index < -0.39 is 45.8 Å². The van der Waals surface area contributed by atoms with Crippen LogP contribution in [0, 0.1) is 15.5 Å². The number of nitrogens with zero attached hydrogens (tertiary/aromatic N) is 1. The van der Waals surface area contributed by atoms with Crippen molar-refractivity contribution in [3.63, 3.8) is 0 Å². The summed E-state index contributed by atoms with van der Waals surface area (Å²) < 4.78 is 33.7. The second-order valence-electron chi connectivity index (χ2n) is 5.42. The molecule has 1 saturated carbocycles. The lowest BCUT2D eigenvalue weighted by atomic mass is 10.1. The van der Waals surface area contributed by atoms with Crippen LogP contribution >= 0.6 is 0 Å². The molecule has 1 amide bonds. The van der Waals surface area contributed by atoms with E-state index in [-0.39, 0.29) is 12.3 Å². The van der Waals surface area contributed by atoms with Gasteiger partial charge in [-0.05, 0) is 12.8 Å². The predicted molar refractivity (Wildman–Crippen MR) is 77.9 cm³/mol. The van der Waals surface area contributed by atoms with Gasteiger partial charge in [0, 0.05) is 12.6 Å². The maximum Gasteiger partial charge on any atom is 0.387 e. The highest BCUT2D eigenvalue weighted by Gasteiger charge is 2.50. The lowest BCUT2D eigenvalue weighted by molar-refractivity contribution is -0.385. The molecule has 0 heterocycles. The summed E-state index contributed by atoms with van der Waals surface area (Å²) in [5.41, 5.74) is -2.29. The van der Waals surface area contributed by atoms with Gasteiger partial charge in [0.05, 0.1) is 23.5 Å². The summed E-state index contributed by atoms with van der Waals surface area (Å²) in [7, 11) is 1.12. The van der Waals surface area contributed by atoms with E-state index in [9.17, 15) is 28.5 Å². The quantitative estimate of drug-likeness (QED) is 0.534. The van der Waals surface area contributed by atoms with Gasteiger partial charge < -0.3 is 19.9 Å².